The highest BCUT2D eigenvalue weighted by Gasteiger charge is 2.14. The van der Waals surface area contributed by atoms with Gasteiger partial charge in [-0.05, 0) is 12.3 Å². The molecular formula is C13H10ClF2N3OS2. The molecule has 1 aromatic heterocycles. The van der Waals surface area contributed by atoms with Crippen LogP contribution in [0.2, 0.25) is 5.15 Å². The molecule has 4 nitrogen and oxygen atoms in total. The molecule has 0 spiro atoms. The molecule has 1 amide bonds. The number of amides is 1. The lowest BCUT2D eigenvalue weighted by Crippen LogP contribution is -2.02. The van der Waals surface area contributed by atoms with Crippen molar-refractivity contribution in [3.63, 3.8) is 0 Å². The molecule has 0 radical (unpaired) electrons. The lowest BCUT2D eigenvalue weighted by Gasteiger charge is -2.09. The Morgan fingerprint density at radius 1 is 1.36 bits per heavy atom. The summed E-state index contributed by atoms with van der Waals surface area (Å²) in [6, 6.07) is 3.96. The Balaban J connectivity index is 2.23. The van der Waals surface area contributed by atoms with Gasteiger partial charge in [0.1, 0.15) is 5.15 Å². The Morgan fingerprint density at radius 3 is 2.82 bits per heavy atom. The second-order valence-corrected chi connectivity index (χ2v) is 6.06. The predicted octanol–water partition coefficient (Wildman–Crippen LogP) is 3.99. The van der Waals surface area contributed by atoms with Gasteiger partial charge in [-0.15, -0.1) is 11.8 Å². The van der Waals surface area contributed by atoms with Crippen molar-refractivity contribution in [1.29, 1.82) is 0 Å². The molecule has 1 N–H and O–H groups in total. The summed E-state index contributed by atoms with van der Waals surface area (Å²) < 4.78 is 26.7. The number of hydrogen-bond acceptors (Lipinski definition) is 5. The van der Waals surface area contributed by atoms with Crippen LogP contribution in [0.1, 0.15) is 5.56 Å². The van der Waals surface area contributed by atoms with E-state index in [1.165, 1.54) is 23.9 Å². The van der Waals surface area contributed by atoms with E-state index in [4.69, 9.17) is 11.6 Å². The molecule has 0 saturated heterocycles. The average molecular weight is 362 g/mol. The first kappa shape index (κ1) is 17.0. The third kappa shape index (κ3) is 3.88. The quantitative estimate of drug-likeness (QED) is 0.365. The summed E-state index contributed by atoms with van der Waals surface area (Å²) >= 11 is 8.42. The molecule has 0 aliphatic carbocycles. The maximum atomic E-state index is 13.6. The first-order chi connectivity index (χ1) is 10.6. The number of aromatic nitrogens is 2. The Labute approximate surface area is 139 Å². The van der Waals surface area contributed by atoms with Gasteiger partial charge in [0, 0.05) is 11.3 Å². The SMILES string of the molecule is CSc1c(Cl)nc(SCc2cccc(F)c2F)nc1NC=O. The van der Waals surface area contributed by atoms with Gasteiger partial charge in [-0.3, -0.25) is 4.79 Å². The fourth-order valence-corrected chi connectivity index (χ4v) is 3.39. The summed E-state index contributed by atoms with van der Waals surface area (Å²) in [6.45, 7) is 0. The van der Waals surface area contributed by atoms with E-state index in [0.29, 0.717) is 11.3 Å². The topological polar surface area (TPSA) is 54.9 Å². The van der Waals surface area contributed by atoms with Crippen LogP contribution in [0.4, 0.5) is 14.6 Å². The van der Waals surface area contributed by atoms with Crippen LogP contribution < -0.4 is 5.32 Å². The third-order valence-electron chi connectivity index (χ3n) is 2.59. The zero-order valence-corrected chi connectivity index (χ0v) is 13.7. The molecule has 1 aromatic carbocycles. The molecule has 0 fully saturated rings. The molecule has 116 valence electrons. The molecule has 22 heavy (non-hydrogen) atoms. The monoisotopic (exact) mass is 361 g/mol. The van der Waals surface area contributed by atoms with Crippen molar-refractivity contribution < 1.29 is 13.6 Å². The van der Waals surface area contributed by atoms with E-state index in [0.717, 1.165) is 17.8 Å². The first-order valence-electron chi connectivity index (χ1n) is 5.94. The standard InChI is InChI=1S/C13H10ClF2N3OS2/c1-21-10-11(14)18-13(19-12(10)17-6-20)22-5-7-3-2-4-8(15)9(7)16/h2-4,6H,5H2,1H3,(H,17,18,19,20). The second kappa shape index (κ2) is 7.75. The smallest absolute Gasteiger partial charge is 0.212 e. The molecule has 0 aliphatic rings. The molecule has 0 bridgehead atoms. The number of nitrogens with zero attached hydrogens (tertiary/aromatic N) is 2. The van der Waals surface area contributed by atoms with Gasteiger partial charge in [0.05, 0.1) is 4.90 Å². The van der Waals surface area contributed by atoms with Gasteiger partial charge >= 0.3 is 0 Å². The Bertz CT molecular complexity index is 703. The van der Waals surface area contributed by atoms with Gasteiger partial charge in [0.2, 0.25) is 6.41 Å². The highest BCUT2D eigenvalue weighted by atomic mass is 35.5. The summed E-state index contributed by atoms with van der Waals surface area (Å²) in [7, 11) is 0. The van der Waals surface area contributed by atoms with Crippen LogP contribution in [-0.2, 0) is 10.5 Å². The zero-order chi connectivity index (χ0) is 16.1. The van der Waals surface area contributed by atoms with Crippen LogP contribution in [0.15, 0.2) is 28.3 Å². The molecule has 9 heteroatoms. The Hall–Kier alpha value is -1.38. The number of thioether (sulfide) groups is 2. The van der Waals surface area contributed by atoms with Crippen LogP contribution in [0.5, 0.6) is 0 Å². The predicted molar refractivity (Wildman–Crippen MR) is 84.4 cm³/mol. The summed E-state index contributed by atoms with van der Waals surface area (Å²) in [5.74, 6) is -1.38. The molecule has 2 rings (SSSR count). The molecule has 0 atom stereocenters. The maximum absolute atomic E-state index is 13.6. The van der Waals surface area contributed by atoms with Crippen molar-refractivity contribution in [3.8, 4) is 0 Å². The highest BCUT2D eigenvalue weighted by Crippen LogP contribution is 2.33. The van der Waals surface area contributed by atoms with E-state index in [9.17, 15) is 13.6 Å². The fourth-order valence-electron chi connectivity index (χ4n) is 1.61. The fraction of sp³-hybridized carbons (Fsp3) is 0.154. The van der Waals surface area contributed by atoms with Gasteiger partial charge in [0.15, 0.2) is 22.6 Å². The van der Waals surface area contributed by atoms with Gasteiger partial charge in [0.25, 0.3) is 0 Å². The lowest BCUT2D eigenvalue weighted by molar-refractivity contribution is -0.105. The van der Waals surface area contributed by atoms with E-state index in [1.807, 2.05) is 0 Å². The van der Waals surface area contributed by atoms with E-state index in [2.05, 4.69) is 15.3 Å². The van der Waals surface area contributed by atoms with Crippen molar-refractivity contribution in [1.82, 2.24) is 9.97 Å². The molecule has 0 unspecified atom stereocenters. The number of anilines is 1. The molecule has 0 saturated carbocycles. The van der Waals surface area contributed by atoms with Gasteiger partial charge in [-0.25, -0.2) is 18.7 Å². The van der Waals surface area contributed by atoms with Gasteiger partial charge < -0.3 is 5.32 Å². The summed E-state index contributed by atoms with van der Waals surface area (Å²) in [5, 5.41) is 2.89. The minimum absolute atomic E-state index is 0.138. The normalized spacial score (nSPS) is 10.5. The second-order valence-electron chi connectivity index (χ2n) is 3.94. The van der Waals surface area contributed by atoms with Gasteiger partial charge in [-0.1, -0.05) is 35.5 Å². The number of halogens is 3. The number of benzene rings is 1. The number of carbonyl (C=O) groups excluding carboxylic acids is 1. The molecular weight excluding hydrogens is 352 g/mol. The van der Waals surface area contributed by atoms with Crippen LogP contribution >= 0.6 is 35.1 Å². The zero-order valence-electron chi connectivity index (χ0n) is 11.3. The maximum Gasteiger partial charge on any atom is 0.212 e. The number of nitrogens with one attached hydrogen (secondary N) is 1. The first-order valence-corrected chi connectivity index (χ1v) is 8.53. The van der Waals surface area contributed by atoms with E-state index in [1.54, 1.807) is 6.26 Å². The molecule has 2 aromatic rings. The van der Waals surface area contributed by atoms with Crippen LogP contribution in [0.25, 0.3) is 0 Å². The van der Waals surface area contributed by atoms with Gasteiger partial charge in [-0.2, -0.15) is 0 Å². The minimum Gasteiger partial charge on any atom is -0.312 e. The van der Waals surface area contributed by atoms with Crippen LogP contribution in [-0.4, -0.2) is 22.6 Å². The number of rotatable bonds is 6. The Morgan fingerprint density at radius 2 is 2.14 bits per heavy atom. The van der Waals surface area contributed by atoms with Crippen molar-refractivity contribution in [2.24, 2.45) is 0 Å². The van der Waals surface area contributed by atoms with Crippen LogP contribution in [0, 0.1) is 11.6 Å². The van der Waals surface area contributed by atoms with E-state index >= 15 is 0 Å². The average Bonchev–Trinajstić information content (AvgIpc) is 2.49. The number of carbonyl (C=O) groups is 1. The van der Waals surface area contributed by atoms with Crippen molar-refractivity contribution in [2.45, 2.75) is 15.8 Å². The van der Waals surface area contributed by atoms with E-state index in [-0.39, 0.29) is 27.4 Å². The minimum atomic E-state index is -0.905. The van der Waals surface area contributed by atoms with E-state index < -0.39 is 11.6 Å². The van der Waals surface area contributed by atoms with Crippen LogP contribution in [0.3, 0.4) is 0 Å². The number of hydrogen-bond donors (Lipinski definition) is 1. The summed E-state index contributed by atoms with van der Waals surface area (Å²) in [6.07, 6.45) is 2.26. The summed E-state index contributed by atoms with van der Waals surface area (Å²) in [4.78, 5) is 19.4. The molecule has 1 heterocycles. The van der Waals surface area contributed by atoms with Crippen molar-refractivity contribution >= 4 is 47.4 Å². The Kier molecular flexibility index (Phi) is 5.98. The van der Waals surface area contributed by atoms with Crippen molar-refractivity contribution in [2.75, 3.05) is 11.6 Å². The third-order valence-corrected chi connectivity index (χ3v) is 4.67. The van der Waals surface area contributed by atoms with Crippen molar-refractivity contribution in [3.05, 3.63) is 40.6 Å². The lowest BCUT2D eigenvalue weighted by atomic mass is 10.2. The largest absolute Gasteiger partial charge is 0.312 e. The molecule has 0 aliphatic heterocycles. The highest BCUT2D eigenvalue weighted by molar-refractivity contribution is 7.99. The summed E-state index contributed by atoms with van der Waals surface area (Å²) in [5.41, 5.74) is 0.198.